The lowest BCUT2D eigenvalue weighted by Crippen LogP contribution is -2.46. The lowest BCUT2D eigenvalue weighted by Gasteiger charge is -2.34. The van der Waals surface area contributed by atoms with Crippen molar-refractivity contribution in [2.45, 2.75) is 51.4 Å². The van der Waals surface area contributed by atoms with E-state index in [1.165, 1.54) is 0 Å². The van der Waals surface area contributed by atoms with E-state index in [0.29, 0.717) is 18.9 Å². The standard InChI is InChI=1S/C18H28N4O2/c1-14-11-20(2)18(19-14)15-7-6-10-21(12-15)17(24)13-22-9-5-3-4-8-16(22)23/h11,15H,3-10,12-13H2,1-2H3/t15-/m0/s1. The predicted octanol–water partition coefficient (Wildman–Crippen LogP) is 1.84. The van der Waals surface area contributed by atoms with E-state index in [2.05, 4.69) is 9.55 Å². The minimum atomic E-state index is 0.0841. The topological polar surface area (TPSA) is 58.4 Å². The molecule has 1 atom stereocenters. The van der Waals surface area contributed by atoms with Crippen molar-refractivity contribution >= 4 is 11.8 Å². The molecule has 1 aromatic heterocycles. The maximum Gasteiger partial charge on any atom is 0.242 e. The SMILES string of the molecule is Cc1cn(C)c([C@H]2CCCN(C(=O)CN3CCCCCC3=O)C2)n1. The Bertz CT molecular complexity index is 610. The van der Waals surface area contributed by atoms with Crippen molar-refractivity contribution in [3.63, 3.8) is 0 Å². The van der Waals surface area contributed by atoms with E-state index in [1.807, 2.05) is 25.1 Å². The summed E-state index contributed by atoms with van der Waals surface area (Å²) in [5, 5.41) is 0. The van der Waals surface area contributed by atoms with Crippen LogP contribution in [0.5, 0.6) is 0 Å². The first kappa shape index (κ1) is 17.0. The minimum absolute atomic E-state index is 0.0841. The lowest BCUT2D eigenvalue weighted by atomic mass is 9.97. The first-order valence-corrected chi connectivity index (χ1v) is 9.10. The molecule has 0 aliphatic carbocycles. The van der Waals surface area contributed by atoms with Crippen molar-refractivity contribution in [1.29, 1.82) is 0 Å². The molecule has 2 fully saturated rings. The Labute approximate surface area is 143 Å². The molecular formula is C18H28N4O2. The third kappa shape index (κ3) is 3.79. The number of amides is 2. The van der Waals surface area contributed by atoms with Crippen LogP contribution in [-0.4, -0.2) is 57.3 Å². The van der Waals surface area contributed by atoms with E-state index in [-0.39, 0.29) is 18.4 Å². The molecular weight excluding hydrogens is 304 g/mol. The Morgan fingerprint density at radius 3 is 2.83 bits per heavy atom. The molecule has 0 aromatic carbocycles. The predicted molar refractivity (Wildman–Crippen MR) is 91.5 cm³/mol. The smallest absolute Gasteiger partial charge is 0.242 e. The third-order valence-corrected chi connectivity index (χ3v) is 5.17. The molecule has 24 heavy (non-hydrogen) atoms. The molecule has 2 saturated heterocycles. The number of hydrogen-bond acceptors (Lipinski definition) is 3. The van der Waals surface area contributed by atoms with E-state index >= 15 is 0 Å². The molecule has 6 heteroatoms. The zero-order valence-corrected chi connectivity index (χ0v) is 14.8. The molecule has 6 nitrogen and oxygen atoms in total. The summed E-state index contributed by atoms with van der Waals surface area (Å²) in [5.74, 6) is 1.58. The van der Waals surface area contributed by atoms with Crippen molar-refractivity contribution in [3.05, 3.63) is 17.7 Å². The molecule has 2 amide bonds. The highest BCUT2D eigenvalue weighted by Gasteiger charge is 2.29. The van der Waals surface area contributed by atoms with Gasteiger partial charge in [0.2, 0.25) is 11.8 Å². The second-order valence-electron chi connectivity index (χ2n) is 7.16. The van der Waals surface area contributed by atoms with Crippen LogP contribution in [0.2, 0.25) is 0 Å². The van der Waals surface area contributed by atoms with E-state index in [4.69, 9.17) is 0 Å². The van der Waals surface area contributed by atoms with Gasteiger partial charge in [0.15, 0.2) is 0 Å². The van der Waals surface area contributed by atoms with E-state index in [1.54, 1.807) is 4.90 Å². The second-order valence-corrected chi connectivity index (χ2v) is 7.16. The van der Waals surface area contributed by atoms with Gasteiger partial charge in [-0.25, -0.2) is 4.98 Å². The van der Waals surface area contributed by atoms with Gasteiger partial charge in [0.05, 0.1) is 12.2 Å². The molecule has 3 heterocycles. The Morgan fingerprint density at radius 1 is 1.25 bits per heavy atom. The number of likely N-dealkylation sites (tertiary alicyclic amines) is 2. The van der Waals surface area contributed by atoms with E-state index in [9.17, 15) is 9.59 Å². The summed E-state index contributed by atoms with van der Waals surface area (Å²) in [7, 11) is 2.02. The summed E-state index contributed by atoms with van der Waals surface area (Å²) >= 11 is 0. The molecule has 0 unspecified atom stereocenters. The molecule has 0 N–H and O–H groups in total. The van der Waals surface area contributed by atoms with Crippen LogP contribution in [0.4, 0.5) is 0 Å². The van der Waals surface area contributed by atoms with Gasteiger partial charge >= 0.3 is 0 Å². The number of imidazole rings is 1. The minimum Gasteiger partial charge on any atom is -0.340 e. The quantitative estimate of drug-likeness (QED) is 0.848. The number of aryl methyl sites for hydroxylation is 2. The summed E-state index contributed by atoms with van der Waals surface area (Å²) in [6.07, 6.45) is 7.73. The third-order valence-electron chi connectivity index (χ3n) is 5.17. The highest BCUT2D eigenvalue weighted by molar-refractivity contribution is 5.85. The molecule has 0 radical (unpaired) electrons. The van der Waals surface area contributed by atoms with Gasteiger partial charge in [-0.1, -0.05) is 6.42 Å². The van der Waals surface area contributed by atoms with Crippen LogP contribution in [0.25, 0.3) is 0 Å². The van der Waals surface area contributed by atoms with Crippen molar-refractivity contribution in [2.75, 3.05) is 26.2 Å². The Hall–Kier alpha value is -1.85. The zero-order valence-electron chi connectivity index (χ0n) is 14.8. The molecule has 132 valence electrons. The molecule has 0 spiro atoms. The summed E-state index contributed by atoms with van der Waals surface area (Å²) < 4.78 is 2.08. The first-order chi connectivity index (χ1) is 11.5. The van der Waals surface area contributed by atoms with Crippen molar-refractivity contribution < 1.29 is 9.59 Å². The van der Waals surface area contributed by atoms with Crippen molar-refractivity contribution in [2.24, 2.45) is 7.05 Å². The fourth-order valence-electron chi connectivity index (χ4n) is 3.90. The summed E-state index contributed by atoms with van der Waals surface area (Å²) in [6, 6.07) is 0. The van der Waals surface area contributed by atoms with Gasteiger partial charge in [-0.2, -0.15) is 0 Å². The number of hydrogen-bond donors (Lipinski definition) is 0. The van der Waals surface area contributed by atoms with Gasteiger partial charge in [0.25, 0.3) is 0 Å². The van der Waals surface area contributed by atoms with Crippen LogP contribution >= 0.6 is 0 Å². The lowest BCUT2D eigenvalue weighted by molar-refractivity contribution is -0.140. The highest BCUT2D eigenvalue weighted by atomic mass is 16.2. The molecule has 0 bridgehead atoms. The number of carbonyl (C=O) groups is 2. The second kappa shape index (κ2) is 7.36. The van der Waals surface area contributed by atoms with E-state index < -0.39 is 0 Å². The van der Waals surface area contributed by atoms with Crippen LogP contribution in [0.1, 0.15) is 56.0 Å². The largest absolute Gasteiger partial charge is 0.340 e. The molecule has 1 aromatic rings. The maximum atomic E-state index is 12.7. The van der Waals surface area contributed by atoms with Crippen molar-refractivity contribution in [3.8, 4) is 0 Å². The highest BCUT2D eigenvalue weighted by Crippen LogP contribution is 2.26. The van der Waals surface area contributed by atoms with Crippen molar-refractivity contribution in [1.82, 2.24) is 19.4 Å². The fraction of sp³-hybridized carbons (Fsp3) is 0.722. The molecule has 3 rings (SSSR count). The molecule has 2 aliphatic heterocycles. The summed E-state index contributed by atoms with van der Waals surface area (Å²) in [6.45, 7) is 4.47. The van der Waals surface area contributed by atoms with Gasteiger partial charge in [0, 0.05) is 45.2 Å². The van der Waals surface area contributed by atoms with Gasteiger partial charge in [0.1, 0.15) is 5.82 Å². The van der Waals surface area contributed by atoms with Crippen LogP contribution in [-0.2, 0) is 16.6 Å². The van der Waals surface area contributed by atoms with Crippen LogP contribution in [0.15, 0.2) is 6.20 Å². The summed E-state index contributed by atoms with van der Waals surface area (Å²) in [4.78, 5) is 33.1. The van der Waals surface area contributed by atoms with Gasteiger partial charge in [-0.3, -0.25) is 9.59 Å². The number of nitrogens with zero attached hydrogens (tertiary/aromatic N) is 4. The molecule has 2 aliphatic rings. The number of piperidine rings is 1. The average molecular weight is 332 g/mol. The number of aromatic nitrogens is 2. The number of rotatable bonds is 3. The maximum absolute atomic E-state index is 12.7. The Kier molecular flexibility index (Phi) is 5.21. The first-order valence-electron chi connectivity index (χ1n) is 9.10. The monoisotopic (exact) mass is 332 g/mol. The zero-order chi connectivity index (χ0) is 17.1. The van der Waals surface area contributed by atoms with Crippen LogP contribution in [0.3, 0.4) is 0 Å². The van der Waals surface area contributed by atoms with Gasteiger partial charge in [-0.05, 0) is 32.6 Å². The number of carbonyl (C=O) groups excluding carboxylic acids is 2. The fourth-order valence-corrected chi connectivity index (χ4v) is 3.90. The molecule has 0 saturated carbocycles. The van der Waals surface area contributed by atoms with Gasteiger partial charge in [-0.15, -0.1) is 0 Å². The Morgan fingerprint density at radius 2 is 2.08 bits per heavy atom. The van der Waals surface area contributed by atoms with E-state index in [0.717, 1.165) is 56.7 Å². The van der Waals surface area contributed by atoms with Gasteiger partial charge < -0.3 is 14.4 Å². The van der Waals surface area contributed by atoms with Crippen LogP contribution in [0, 0.1) is 6.92 Å². The van der Waals surface area contributed by atoms with Crippen LogP contribution < -0.4 is 0 Å². The Balaban J connectivity index is 1.62. The average Bonchev–Trinajstić information content (AvgIpc) is 2.78. The summed E-state index contributed by atoms with van der Waals surface area (Å²) in [5.41, 5.74) is 1.02. The normalized spacial score (nSPS) is 22.6.